The molecule has 3 rings (SSSR count). The molecule has 1 heterocycles. The van der Waals surface area contributed by atoms with Gasteiger partial charge >= 0.3 is 0 Å². The van der Waals surface area contributed by atoms with E-state index < -0.39 is 10.0 Å². The third kappa shape index (κ3) is 4.54. The van der Waals surface area contributed by atoms with E-state index in [1.165, 1.54) is 12.6 Å². The molecule has 0 aliphatic carbocycles. The van der Waals surface area contributed by atoms with Crippen LogP contribution >= 0.6 is 0 Å². The minimum atomic E-state index is -3.39. The van der Waals surface area contributed by atoms with Crippen LogP contribution in [0.2, 0.25) is 0 Å². The molecule has 0 atom stereocenters. The maximum absolute atomic E-state index is 12.8. The van der Waals surface area contributed by atoms with Crippen LogP contribution in [0.3, 0.4) is 0 Å². The maximum atomic E-state index is 12.8. The summed E-state index contributed by atoms with van der Waals surface area (Å²) in [5.41, 5.74) is 1.93. The summed E-state index contributed by atoms with van der Waals surface area (Å²) in [4.78, 5) is 12.8. The van der Waals surface area contributed by atoms with Crippen LogP contribution in [-0.4, -0.2) is 47.4 Å². The fourth-order valence-electron chi connectivity index (χ4n) is 3.51. The van der Waals surface area contributed by atoms with Crippen LogP contribution in [-0.2, 0) is 20.2 Å². The van der Waals surface area contributed by atoms with Crippen molar-refractivity contribution in [3.63, 3.8) is 0 Å². The molecule has 2 aromatic rings. The Morgan fingerprint density at radius 2 is 1.79 bits per heavy atom. The molecule has 2 aromatic carbocycles. The van der Waals surface area contributed by atoms with Gasteiger partial charge in [0.25, 0.3) is 5.91 Å². The molecule has 0 unspecified atom stereocenters. The van der Waals surface area contributed by atoms with E-state index in [0.29, 0.717) is 31.0 Å². The fourth-order valence-corrected chi connectivity index (χ4v) is 4.00. The molecular formula is C21H26N2O4S. The number of rotatable bonds is 6. The standard InChI is InChI=1S/C21H26N2O4S/c1-23(28(2,25)26)19-10-6-7-17(15-19)20(24)22-16-21(11-13-27-14-12-21)18-8-4-3-5-9-18/h3-10,15H,11-14,16H2,1-2H3,(H,22,24). The zero-order valence-electron chi connectivity index (χ0n) is 16.2. The lowest BCUT2D eigenvalue weighted by Crippen LogP contribution is -2.44. The lowest BCUT2D eigenvalue weighted by Gasteiger charge is -2.38. The van der Waals surface area contributed by atoms with Crippen LogP contribution in [0.5, 0.6) is 0 Å². The Labute approximate surface area is 166 Å². The van der Waals surface area contributed by atoms with Gasteiger partial charge in [-0.2, -0.15) is 0 Å². The number of hydrogen-bond acceptors (Lipinski definition) is 4. The van der Waals surface area contributed by atoms with Gasteiger partial charge < -0.3 is 10.1 Å². The largest absolute Gasteiger partial charge is 0.381 e. The van der Waals surface area contributed by atoms with E-state index in [2.05, 4.69) is 17.4 Å². The van der Waals surface area contributed by atoms with E-state index in [9.17, 15) is 13.2 Å². The fraction of sp³-hybridized carbons (Fsp3) is 0.381. The molecule has 0 spiro atoms. The predicted octanol–water partition coefficient (Wildman–Crippen LogP) is 2.56. The molecule has 1 aliphatic heterocycles. The monoisotopic (exact) mass is 402 g/mol. The van der Waals surface area contributed by atoms with Crippen LogP contribution in [0.4, 0.5) is 5.69 Å². The Morgan fingerprint density at radius 3 is 2.43 bits per heavy atom. The van der Waals surface area contributed by atoms with Crippen molar-refractivity contribution in [2.45, 2.75) is 18.3 Å². The molecule has 7 heteroatoms. The lowest BCUT2D eigenvalue weighted by atomic mass is 9.74. The Hall–Kier alpha value is -2.38. The quantitative estimate of drug-likeness (QED) is 0.806. The third-order valence-corrected chi connectivity index (χ3v) is 6.60. The highest BCUT2D eigenvalue weighted by atomic mass is 32.2. The highest BCUT2D eigenvalue weighted by Gasteiger charge is 2.34. The van der Waals surface area contributed by atoms with Crippen LogP contribution in [0.1, 0.15) is 28.8 Å². The third-order valence-electron chi connectivity index (χ3n) is 5.39. The summed E-state index contributed by atoms with van der Waals surface area (Å²) in [6, 6.07) is 16.8. The Morgan fingerprint density at radius 1 is 1.11 bits per heavy atom. The number of amides is 1. The van der Waals surface area contributed by atoms with E-state index in [1.807, 2.05) is 18.2 Å². The van der Waals surface area contributed by atoms with Gasteiger partial charge in [-0.3, -0.25) is 9.10 Å². The van der Waals surface area contributed by atoms with Crippen molar-refractivity contribution < 1.29 is 17.9 Å². The number of sulfonamides is 1. The molecule has 0 radical (unpaired) electrons. The summed E-state index contributed by atoms with van der Waals surface area (Å²) in [5, 5.41) is 3.05. The average molecular weight is 403 g/mol. The second-order valence-electron chi connectivity index (χ2n) is 7.22. The molecule has 0 bridgehead atoms. The highest BCUT2D eigenvalue weighted by molar-refractivity contribution is 7.92. The van der Waals surface area contributed by atoms with Gasteiger partial charge in [-0.1, -0.05) is 36.4 Å². The van der Waals surface area contributed by atoms with E-state index in [0.717, 1.165) is 23.4 Å². The summed E-state index contributed by atoms with van der Waals surface area (Å²) in [7, 11) is -1.91. The number of anilines is 1. The second kappa shape index (κ2) is 8.32. The maximum Gasteiger partial charge on any atom is 0.251 e. The van der Waals surface area contributed by atoms with E-state index in [4.69, 9.17) is 4.74 Å². The van der Waals surface area contributed by atoms with Crippen molar-refractivity contribution in [2.75, 3.05) is 37.4 Å². The minimum Gasteiger partial charge on any atom is -0.381 e. The van der Waals surface area contributed by atoms with Gasteiger partial charge in [-0.05, 0) is 36.6 Å². The summed E-state index contributed by atoms with van der Waals surface area (Å²) in [5.74, 6) is -0.217. The first-order valence-corrected chi connectivity index (χ1v) is 11.1. The summed E-state index contributed by atoms with van der Waals surface area (Å²) >= 11 is 0. The first-order valence-electron chi connectivity index (χ1n) is 9.27. The van der Waals surface area contributed by atoms with Gasteiger partial charge in [0.1, 0.15) is 0 Å². The first kappa shape index (κ1) is 20.4. The van der Waals surface area contributed by atoms with Gasteiger partial charge in [0.05, 0.1) is 11.9 Å². The summed E-state index contributed by atoms with van der Waals surface area (Å²) < 4.78 is 30.2. The molecule has 1 N–H and O–H groups in total. The van der Waals surface area contributed by atoms with Crippen LogP contribution in [0, 0.1) is 0 Å². The Balaban J connectivity index is 1.77. The van der Waals surface area contributed by atoms with E-state index in [-0.39, 0.29) is 11.3 Å². The van der Waals surface area contributed by atoms with Crippen molar-refractivity contribution in [3.8, 4) is 0 Å². The molecule has 1 saturated heterocycles. The molecule has 1 amide bonds. The number of nitrogens with one attached hydrogen (secondary N) is 1. The van der Waals surface area contributed by atoms with Gasteiger partial charge in [0.2, 0.25) is 10.0 Å². The normalized spacial score (nSPS) is 16.4. The summed E-state index contributed by atoms with van der Waals surface area (Å²) in [6.45, 7) is 1.84. The van der Waals surface area contributed by atoms with Gasteiger partial charge in [0.15, 0.2) is 0 Å². The molecule has 1 aliphatic rings. The molecule has 28 heavy (non-hydrogen) atoms. The zero-order valence-corrected chi connectivity index (χ0v) is 17.0. The Bertz CT molecular complexity index is 922. The zero-order chi connectivity index (χ0) is 20.2. The van der Waals surface area contributed by atoms with Crippen molar-refractivity contribution in [3.05, 3.63) is 65.7 Å². The van der Waals surface area contributed by atoms with Crippen LogP contribution in [0.15, 0.2) is 54.6 Å². The number of carbonyl (C=O) groups excluding carboxylic acids is 1. The first-order chi connectivity index (χ1) is 13.3. The summed E-state index contributed by atoms with van der Waals surface area (Å²) in [6.07, 6.45) is 2.82. The Kier molecular flexibility index (Phi) is 6.05. The molecule has 0 saturated carbocycles. The molecule has 6 nitrogen and oxygen atoms in total. The second-order valence-corrected chi connectivity index (χ2v) is 9.24. The smallest absolute Gasteiger partial charge is 0.251 e. The molecular weight excluding hydrogens is 376 g/mol. The van der Waals surface area contributed by atoms with Crippen molar-refractivity contribution >= 4 is 21.6 Å². The van der Waals surface area contributed by atoms with Gasteiger partial charge in [-0.15, -0.1) is 0 Å². The van der Waals surface area contributed by atoms with Crippen LogP contribution in [0.25, 0.3) is 0 Å². The molecule has 150 valence electrons. The minimum absolute atomic E-state index is 0.156. The van der Waals surface area contributed by atoms with E-state index in [1.54, 1.807) is 24.3 Å². The SMILES string of the molecule is CN(c1cccc(C(=O)NCC2(c3ccccc3)CCOCC2)c1)S(C)(=O)=O. The van der Waals surface area contributed by atoms with Crippen LogP contribution < -0.4 is 9.62 Å². The average Bonchev–Trinajstić information content (AvgIpc) is 2.72. The topological polar surface area (TPSA) is 75.7 Å². The van der Waals surface area contributed by atoms with Crippen molar-refractivity contribution in [1.82, 2.24) is 5.32 Å². The predicted molar refractivity (Wildman–Crippen MR) is 110 cm³/mol. The van der Waals surface area contributed by atoms with Crippen molar-refractivity contribution in [2.24, 2.45) is 0 Å². The lowest BCUT2D eigenvalue weighted by molar-refractivity contribution is 0.0487. The number of hydrogen-bond donors (Lipinski definition) is 1. The van der Waals surface area contributed by atoms with Gasteiger partial charge in [-0.25, -0.2) is 8.42 Å². The molecule has 1 fully saturated rings. The molecule has 0 aromatic heterocycles. The van der Waals surface area contributed by atoms with E-state index >= 15 is 0 Å². The van der Waals surface area contributed by atoms with Gasteiger partial charge in [0, 0.05) is 37.8 Å². The van der Waals surface area contributed by atoms with Crippen molar-refractivity contribution in [1.29, 1.82) is 0 Å². The number of carbonyl (C=O) groups is 1. The number of ether oxygens (including phenoxy) is 1. The number of benzene rings is 2. The highest BCUT2D eigenvalue weighted by Crippen LogP contribution is 2.34. The number of nitrogens with zero attached hydrogens (tertiary/aromatic N) is 1.